The van der Waals surface area contributed by atoms with Crippen LogP contribution >= 0.6 is 0 Å². The Labute approximate surface area is 193 Å². The third kappa shape index (κ3) is 3.33. The van der Waals surface area contributed by atoms with Crippen molar-refractivity contribution in [3.05, 3.63) is 41.1 Å². The van der Waals surface area contributed by atoms with Gasteiger partial charge < -0.3 is 25.4 Å². The number of aromatic nitrogens is 3. The van der Waals surface area contributed by atoms with Crippen LogP contribution in [0.1, 0.15) is 49.0 Å². The van der Waals surface area contributed by atoms with Crippen molar-refractivity contribution in [1.82, 2.24) is 15.0 Å². The number of aliphatic imine (C=N–C) groups is 1. The van der Waals surface area contributed by atoms with E-state index in [4.69, 9.17) is 25.4 Å². The van der Waals surface area contributed by atoms with E-state index in [0.29, 0.717) is 12.2 Å². The molecule has 2 aromatic rings. The minimum Gasteiger partial charge on any atom is -0.390 e. The van der Waals surface area contributed by atoms with Crippen molar-refractivity contribution in [2.24, 2.45) is 16.1 Å². The van der Waals surface area contributed by atoms with E-state index in [1.165, 1.54) is 0 Å². The summed E-state index contributed by atoms with van der Waals surface area (Å²) in [5.41, 5.74) is 11.0. The fourth-order valence-electron chi connectivity index (χ4n) is 5.83. The number of aryl methyl sites for hydroxylation is 1. The number of aliphatic hydroxyl groups is 1. The molecule has 4 aliphatic heterocycles. The predicted octanol–water partition coefficient (Wildman–Crippen LogP) is 1.41. The van der Waals surface area contributed by atoms with Crippen molar-refractivity contribution in [2.45, 2.75) is 57.9 Å². The van der Waals surface area contributed by atoms with Crippen molar-refractivity contribution in [3.8, 4) is 0 Å². The fourth-order valence-corrected chi connectivity index (χ4v) is 5.83. The normalized spacial score (nSPS) is 25.8. The summed E-state index contributed by atoms with van der Waals surface area (Å²) >= 11 is 0. The van der Waals surface area contributed by atoms with E-state index < -0.39 is 0 Å². The number of pyridine rings is 1. The first-order valence-corrected chi connectivity index (χ1v) is 12.0. The Morgan fingerprint density at radius 1 is 1.21 bits per heavy atom. The second kappa shape index (κ2) is 8.00. The monoisotopic (exact) mass is 449 g/mol. The van der Waals surface area contributed by atoms with Crippen LogP contribution in [-0.4, -0.2) is 64.3 Å². The first kappa shape index (κ1) is 20.9. The molecule has 0 radical (unpaired) electrons. The molecule has 2 aromatic heterocycles. The summed E-state index contributed by atoms with van der Waals surface area (Å²) in [4.78, 5) is 23.7. The van der Waals surface area contributed by atoms with Gasteiger partial charge in [-0.2, -0.15) is 0 Å². The van der Waals surface area contributed by atoms with Crippen molar-refractivity contribution >= 4 is 17.3 Å². The van der Waals surface area contributed by atoms with Gasteiger partial charge in [0.05, 0.1) is 42.9 Å². The largest absolute Gasteiger partial charge is 0.390 e. The summed E-state index contributed by atoms with van der Waals surface area (Å²) < 4.78 is 5.86. The zero-order valence-electron chi connectivity index (χ0n) is 19.1. The van der Waals surface area contributed by atoms with Crippen LogP contribution in [0.5, 0.6) is 0 Å². The predicted molar refractivity (Wildman–Crippen MR) is 125 cm³/mol. The number of rotatable bonds is 2. The topological polar surface area (TPSA) is 113 Å². The molecule has 174 valence electrons. The number of fused-ring (bicyclic) bond motifs is 2. The van der Waals surface area contributed by atoms with Crippen molar-refractivity contribution in [1.29, 1.82) is 0 Å². The lowest BCUT2D eigenvalue weighted by atomic mass is 9.73. The summed E-state index contributed by atoms with van der Waals surface area (Å²) in [6.07, 6.45) is 5.87. The lowest BCUT2D eigenvalue weighted by Crippen LogP contribution is -2.51. The van der Waals surface area contributed by atoms with Gasteiger partial charge in [0.2, 0.25) is 0 Å². The van der Waals surface area contributed by atoms with Gasteiger partial charge in [0.25, 0.3) is 0 Å². The molecule has 0 unspecified atom stereocenters. The average molecular weight is 450 g/mol. The fraction of sp³-hybridized carbons (Fsp3) is 0.583. The van der Waals surface area contributed by atoms with E-state index in [1.807, 2.05) is 12.3 Å². The lowest BCUT2D eigenvalue weighted by Gasteiger charge is -2.42. The van der Waals surface area contributed by atoms with Crippen molar-refractivity contribution < 1.29 is 9.84 Å². The summed E-state index contributed by atoms with van der Waals surface area (Å²) in [5, 5.41) is 10.2. The molecule has 1 spiro atoms. The molecular weight excluding hydrogens is 418 g/mol. The Balaban J connectivity index is 1.27. The number of nitrogens with zero attached hydrogens (tertiary/aromatic N) is 6. The van der Waals surface area contributed by atoms with Gasteiger partial charge in [-0.05, 0) is 44.7 Å². The highest BCUT2D eigenvalue weighted by molar-refractivity contribution is 6.11. The summed E-state index contributed by atoms with van der Waals surface area (Å²) in [6.45, 7) is 5.71. The second-order valence-electron chi connectivity index (χ2n) is 9.70. The maximum absolute atomic E-state index is 10.2. The van der Waals surface area contributed by atoms with Crippen LogP contribution in [0.25, 0.3) is 0 Å². The molecule has 0 saturated carbocycles. The molecule has 4 aliphatic rings. The molecule has 0 bridgehead atoms. The number of piperidine rings is 1. The molecule has 0 amide bonds. The number of amidine groups is 1. The zero-order chi connectivity index (χ0) is 22.6. The highest BCUT2D eigenvalue weighted by atomic mass is 16.5. The molecule has 6 rings (SSSR count). The number of anilines is 2. The van der Waals surface area contributed by atoms with Gasteiger partial charge in [0.15, 0.2) is 11.7 Å². The van der Waals surface area contributed by atoms with E-state index in [9.17, 15) is 5.11 Å². The highest BCUT2D eigenvalue weighted by Crippen LogP contribution is 2.42. The molecule has 2 fully saturated rings. The van der Waals surface area contributed by atoms with Crippen LogP contribution in [0.3, 0.4) is 0 Å². The van der Waals surface area contributed by atoms with E-state index in [-0.39, 0.29) is 24.2 Å². The molecule has 2 saturated heterocycles. The number of hydrogen-bond donors (Lipinski definition) is 2. The third-order valence-electron chi connectivity index (χ3n) is 7.87. The van der Waals surface area contributed by atoms with E-state index in [0.717, 1.165) is 86.3 Å². The van der Waals surface area contributed by atoms with Gasteiger partial charge in [-0.1, -0.05) is 0 Å². The zero-order valence-corrected chi connectivity index (χ0v) is 19.1. The Hall–Kier alpha value is -2.62. The summed E-state index contributed by atoms with van der Waals surface area (Å²) in [6, 6.07) is 4.13. The quantitative estimate of drug-likeness (QED) is 0.708. The van der Waals surface area contributed by atoms with Gasteiger partial charge >= 0.3 is 0 Å². The Bertz CT molecular complexity index is 1100. The van der Waals surface area contributed by atoms with Gasteiger partial charge in [0.1, 0.15) is 11.4 Å². The number of ether oxygens (including phenoxy) is 1. The van der Waals surface area contributed by atoms with Gasteiger partial charge in [-0.15, -0.1) is 0 Å². The number of hydrogen-bond acceptors (Lipinski definition) is 9. The molecule has 9 heteroatoms. The van der Waals surface area contributed by atoms with Crippen LogP contribution in [0, 0.1) is 5.41 Å². The third-order valence-corrected chi connectivity index (χ3v) is 7.87. The van der Waals surface area contributed by atoms with Crippen LogP contribution in [0.2, 0.25) is 0 Å². The SMILES string of the molecule is C[C@@H]1OCC2(CCN(c3nc4c(nc3CO)C(N3CCCc5ncccc53)=NC4)CC2)[C@@H]1N. The standard InChI is InChI=1S/C24H31N7O2/c1-15-21(25)24(14-33-15)6-10-30(11-7-24)22-18(13-32)28-20-17(29-22)12-27-23(20)31-9-3-4-16-19(31)5-2-8-26-16/h2,5,8,15,21,32H,3-4,6-7,9-14,25H2,1H3/t15-,21+/m0/s1. The summed E-state index contributed by atoms with van der Waals surface area (Å²) in [5.74, 6) is 1.62. The van der Waals surface area contributed by atoms with Crippen LogP contribution in [0.15, 0.2) is 23.3 Å². The maximum Gasteiger partial charge on any atom is 0.156 e. The van der Waals surface area contributed by atoms with Gasteiger partial charge in [-0.25, -0.2) is 9.97 Å². The molecule has 0 aromatic carbocycles. The van der Waals surface area contributed by atoms with E-state index in [2.05, 4.69) is 27.8 Å². The molecule has 2 atom stereocenters. The minimum atomic E-state index is -0.150. The molecular formula is C24H31N7O2. The Morgan fingerprint density at radius 3 is 2.82 bits per heavy atom. The smallest absolute Gasteiger partial charge is 0.156 e. The van der Waals surface area contributed by atoms with Gasteiger partial charge in [-0.3, -0.25) is 9.98 Å². The average Bonchev–Trinajstić information content (AvgIpc) is 3.39. The first-order chi connectivity index (χ1) is 16.1. The number of nitrogens with two attached hydrogens (primary N) is 1. The molecule has 6 heterocycles. The maximum atomic E-state index is 10.2. The highest BCUT2D eigenvalue weighted by Gasteiger charge is 2.48. The van der Waals surface area contributed by atoms with Crippen molar-refractivity contribution in [2.75, 3.05) is 36.0 Å². The summed E-state index contributed by atoms with van der Waals surface area (Å²) in [7, 11) is 0. The van der Waals surface area contributed by atoms with E-state index >= 15 is 0 Å². The first-order valence-electron chi connectivity index (χ1n) is 12.0. The Morgan fingerprint density at radius 2 is 2.06 bits per heavy atom. The lowest BCUT2D eigenvalue weighted by molar-refractivity contribution is 0.0973. The van der Waals surface area contributed by atoms with Gasteiger partial charge in [0, 0.05) is 37.3 Å². The minimum absolute atomic E-state index is 0.0470. The van der Waals surface area contributed by atoms with Crippen LogP contribution < -0.4 is 15.5 Å². The Kier molecular flexibility index (Phi) is 5.08. The number of aliphatic hydroxyl groups excluding tert-OH is 1. The molecule has 33 heavy (non-hydrogen) atoms. The molecule has 0 aliphatic carbocycles. The van der Waals surface area contributed by atoms with Crippen LogP contribution in [-0.2, 0) is 24.3 Å². The van der Waals surface area contributed by atoms with Crippen LogP contribution in [0.4, 0.5) is 11.5 Å². The molecule has 3 N–H and O–H groups in total. The van der Waals surface area contributed by atoms with E-state index in [1.54, 1.807) is 0 Å². The second-order valence-corrected chi connectivity index (χ2v) is 9.70. The molecule has 9 nitrogen and oxygen atoms in total. The van der Waals surface area contributed by atoms with Crippen molar-refractivity contribution in [3.63, 3.8) is 0 Å².